The van der Waals surface area contributed by atoms with Gasteiger partial charge in [0.05, 0.1) is 0 Å². The molecule has 1 fully saturated rings. The second kappa shape index (κ2) is 4.28. The van der Waals surface area contributed by atoms with Gasteiger partial charge in [-0.3, -0.25) is 4.90 Å². The Morgan fingerprint density at radius 2 is 1.83 bits per heavy atom. The van der Waals surface area contributed by atoms with Crippen LogP contribution in [0, 0.1) is 0 Å². The van der Waals surface area contributed by atoms with E-state index >= 15 is 0 Å². The monoisotopic (exact) mass is 249 g/mol. The van der Waals surface area contributed by atoms with Crippen LogP contribution in [-0.4, -0.2) is 34.0 Å². The van der Waals surface area contributed by atoms with E-state index in [2.05, 4.69) is 0 Å². The quantitative estimate of drug-likeness (QED) is 0.893. The lowest BCUT2D eigenvalue weighted by Crippen LogP contribution is -2.54. The third kappa shape index (κ3) is 2.08. The molecule has 0 saturated carbocycles. The second-order valence-electron chi connectivity index (χ2n) is 5.29. The molecule has 1 aromatic carbocycles. The maximum absolute atomic E-state index is 11.8. The van der Waals surface area contributed by atoms with Gasteiger partial charge in [-0.2, -0.15) is 0 Å². The molecular formula is C14H19NO3. The van der Waals surface area contributed by atoms with Crippen LogP contribution >= 0.6 is 0 Å². The highest BCUT2D eigenvalue weighted by atomic mass is 16.6. The fourth-order valence-corrected chi connectivity index (χ4v) is 2.07. The van der Waals surface area contributed by atoms with Gasteiger partial charge in [-0.15, -0.1) is 0 Å². The summed E-state index contributed by atoms with van der Waals surface area (Å²) in [6.07, 6.45) is 0.239. The van der Waals surface area contributed by atoms with Crippen molar-refractivity contribution in [3.8, 4) is 0 Å². The maximum atomic E-state index is 11.8. The molecular weight excluding hydrogens is 230 g/mol. The smallest absolute Gasteiger partial charge is 0.412 e. The Balaban J connectivity index is 2.08. The first-order valence-corrected chi connectivity index (χ1v) is 6.11. The molecule has 0 unspecified atom stereocenters. The summed E-state index contributed by atoms with van der Waals surface area (Å²) in [5.74, 6) is 0. The number of hydrogen-bond acceptors (Lipinski definition) is 3. The molecule has 0 aliphatic carbocycles. The summed E-state index contributed by atoms with van der Waals surface area (Å²) in [6.45, 7) is 5.49. The van der Waals surface area contributed by atoms with E-state index in [9.17, 15) is 9.90 Å². The Hall–Kier alpha value is -1.55. The first-order valence-electron chi connectivity index (χ1n) is 6.11. The average Bonchev–Trinajstić information content (AvgIpc) is 2.43. The molecule has 1 aliphatic rings. The van der Waals surface area contributed by atoms with Crippen molar-refractivity contribution < 1.29 is 14.6 Å². The minimum Gasteiger partial charge on any atom is -0.438 e. The Morgan fingerprint density at radius 3 is 2.33 bits per heavy atom. The number of carbonyl (C=O) groups excluding carboxylic acids is 1. The van der Waals surface area contributed by atoms with Crippen molar-refractivity contribution in [2.45, 2.75) is 38.5 Å². The number of ether oxygens (including phenoxy) is 1. The Morgan fingerprint density at radius 1 is 1.22 bits per heavy atom. The van der Waals surface area contributed by atoms with Gasteiger partial charge in [-0.1, -0.05) is 30.3 Å². The van der Waals surface area contributed by atoms with Crippen LogP contribution in [0.5, 0.6) is 0 Å². The van der Waals surface area contributed by atoms with Crippen molar-refractivity contribution >= 4 is 6.09 Å². The normalized spacial score (nSPS) is 26.2. The molecule has 18 heavy (non-hydrogen) atoms. The first-order chi connectivity index (χ1) is 8.34. The third-order valence-electron chi connectivity index (χ3n) is 3.70. The molecule has 1 amide bonds. The van der Waals surface area contributed by atoms with Gasteiger partial charge < -0.3 is 9.84 Å². The van der Waals surface area contributed by atoms with Gasteiger partial charge >= 0.3 is 6.09 Å². The summed E-state index contributed by atoms with van der Waals surface area (Å²) in [5, 5.41) is 10.4. The Bertz CT molecular complexity index is 440. The van der Waals surface area contributed by atoms with Gasteiger partial charge in [-0.05, 0) is 32.8 Å². The number of rotatable bonds is 3. The van der Waals surface area contributed by atoms with Crippen LogP contribution in [0.3, 0.4) is 0 Å². The summed E-state index contributed by atoms with van der Waals surface area (Å²) in [5.41, 5.74) is -1.04. The van der Waals surface area contributed by atoms with Crippen LogP contribution < -0.4 is 0 Å². The van der Waals surface area contributed by atoms with Crippen molar-refractivity contribution in [1.29, 1.82) is 0 Å². The number of aliphatic hydroxyl groups is 1. The van der Waals surface area contributed by atoms with E-state index in [1.807, 2.05) is 30.3 Å². The number of hydrogen-bond donors (Lipinski definition) is 1. The van der Waals surface area contributed by atoms with Crippen LogP contribution in [0.25, 0.3) is 0 Å². The van der Waals surface area contributed by atoms with Crippen molar-refractivity contribution in [2.75, 3.05) is 6.54 Å². The van der Waals surface area contributed by atoms with Crippen molar-refractivity contribution in [1.82, 2.24) is 4.90 Å². The lowest BCUT2D eigenvalue weighted by Gasteiger charge is -2.34. The average molecular weight is 249 g/mol. The van der Waals surface area contributed by atoms with E-state index in [1.165, 1.54) is 4.90 Å². The van der Waals surface area contributed by atoms with Crippen molar-refractivity contribution in [3.63, 3.8) is 0 Å². The molecule has 1 N–H and O–H groups in total. The molecule has 0 aromatic heterocycles. The fraction of sp³-hybridized carbons (Fsp3) is 0.500. The number of amides is 1. The maximum Gasteiger partial charge on any atom is 0.412 e. The summed E-state index contributed by atoms with van der Waals surface area (Å²) < 4.78 is 5.20. The number of nitrogens with zero attached hydrogens (tertiary/aromatic N) is 1. The minimum atomic E-state index is -1.28. The van der Waals surface area contributed by atoms with Crippen molar-refractivity contribution in [2.24, 2.45) is 0 Å². The predicted octanol–water partition coefficient (Wildman–Crippen LogP) is 2.17. The van der Waals surface area contributed by atoms with E-state index in [1.54, 1.807) is 20.8 Å². The molecule has 1 aromatic rings. The molecule has 0 spiro atoms. The van der Waals surface area contributed by atoms with Crippen LogP contribution in [0.2, 0.25) is 0 Å². The summed E-state index contributed by atoms with van der Waals surface area (Å²) in [7, 11) is 0. The predicted molar refractivity (Wildman–Crippen MR) is 68.0 cm³/mol. The van der Waals surface area contributed by atoms with Crippen LogP contribution in [0.4, 0.5) is 4.79 Å². The first kappa shape index (κ1) is 12.9. The molecule has 1 heterocycles. The highest BCUT2D eigenvalue weighted by Crippen LogP contribution is 2.36. The number of benzene rings is 1. The summed E-state index contributed by atoms with van der Waals surface area (Å²) in [4.78, 5) is 13.2. The zero-order valence-electron chi connectivity index (χ0n) is 11.0. The lowest BCUT2D eigenvalue weighted by molar-refractivity contribution is -0.126. The SMILES string of the molecule is CC1(C)OC(=O)N(CCc2ccccc2)[C@@]1(C)O. The lowest BCUT2D eigenvalue weighted by atomic mass is 9.95. The number of carbonyl (C=O) groups is 1. The van der Waals surface area contributed by atoms with Gasteiger partial charge in [0.25, 0.3) is 0 Å². The molecule has 98 valence electrons. The fourth-order valence-electron chi connectivity index (χ4n) is 2.07. The van der Waals surface area contributed by atoms with E-state index in [0.717, 1.165) is 5.56 Å². The molecule has 1 atom stereocenters. The molecule has 0 radical (unpaired) electrons. The standard InChI is InChI=1S/C14H19NO3/c1-13(2)14(3,17)15(12(16)18-13)10-9-11-7-5-4-6-8-11/h4-8,17H,9-10H2,1-3H3/t14-/m0/s1. The zero-order valence-corrected chi connectivity index (χ0v) is 11.0. The van der Waals surface area contributed by atoms with Crippen LogP contribution in [-0.2, 0) is 11.2 Å². The van der Waals surface area contributed by atoms with Gasteiger partial charge in [0.1, 0.15) is 0 Å². The van der Waals surface area contributed by atoms with Crippen molar-refractivity contribution in [3.05, 3.63) is 35.9 Å². The van der Waals surface area contributed by atoms with Gasteiger partial charge in [0, 0.05) is 6.54 Å². The highest BCUT2D eigenvalue weighted by molar-refractivity contribution is 5.72. The third-order valence-corrected chi connectivity index (χ3v) is 3.70. The molecule has 4 nitrogen and oxygen atoms in total. The molecule has 1 aliphatic heterocycles. The molecule has 1 saturated heterocycles. The van der Waals surface area contributed by atoms with E-state index < -0.39 is 17.4 Å². The molecule has 4 heteroatoms. The topological polar surface area (TPSA) is 49.8 Å². The van der Waals surface area contributed by atoms with E-state index in [-0.39, 0.29) is 0 Å². The second-order valence-corrected chi connectivity index (χ2v) is 5.29. The van der Waals surface area contributed by atoms with E-state index in [4.69, 9.17) is 4.74 Å². The van der Waals surface area contributed by atoms with Gasteiger partial charge in [0.2, 0.25) is 0 Å². The van der Waals surface area contributed by atoms with Gasteiger partial charge in [0.15, 0.2) is 11.3 Å². The molecule has 0 bridgehead atoms. The van der Waals surface area contributed by atoms with Crippen LogP contribution in [0.15, 0.2) is 30.3 Å². The number of cyclic esters (lactones) is 1. The summed E-state index contributed by atoms with van der Waals surface area (Å²) >= 11 is 0. The largest absolute Gasteiger partial charge is 0.438 e. The zero-order chi connectivity index (χ0) is 13.4. The highest BCUT2D eigenvalue weighted by Gasteiger charge is 2.56. The molecule has 2 rings (SSSR count). The van der Waals surface area contributed by atoms with Gasteiger partial charge in [-0.25, -0.2) is 4.79 Å². The Labute approximate surface area is 107 Å². The Kier molecular flexibility index (Phi) is 3.07. The van der Waals surface area contributed by atoms with E-state index in [0.29, 0.717) is 13.0 Å². The minimum absolute atomic E-state index is 0.444. The summed E-state index contributed by atoms with van der Waals surface area (Å²) in [6, 6.07) is 9.87. The van der Waals surface area contributed by atoms with Crippen LogP contribution in [0.1, 0.15) is 26.3 Å².